The van der Waals surface area contributed by atoms with Crippen LogP contribution >= 0.6 is 11.6 Å². The van der Waals surface area contributed by atoms with Crippen LogP contribution in [0.15, 0.2) is 30.3 Å². The minimum absolute atomic E-state index is 0.0226. The third kappa shape index (κ3) is 3.44. The van der Waals surface area contributed by atoms with Gasteiger partial charge >= 0.3 is 0 Å². The largest absolute Gasteiger partial charge is 0.454 e. The standard InChI is InChI=1S/C17H13ClFNO2/c1-2-12-3-4-13(5-6-21)16(19)17(12)22-15-8-11(10-20)7-14(18)9-15/h3-4,6-9H,2,5H2,1H3. The molecule has 112 valence electrons. The molecule has 2 aromatic carbocycles. The number of benzene rings is 2. The molecular formula is C17H13ClFNO2. The molecule has 0 fully saturated rings. The number of nitriles is 1. The summed E-state index contributed by atoms with van der Waals surface area (Å²) < 4.78 is 20.1. The number of ether oxygens (including phenoxy) is 1. The number of carbonyl (C=O) groups excluding carboxylic acids is 1. The van der Waals surface area contributed by atoms with Gasteiger partial charge in [-0.05, 0) is 35.7 Å². The van der Waals surface area contributed by atoms with Crippen molar-refractivity contribution < 1.29 is 13.9 Å². The zero-order valence-electron chi connectivity index (χ0n) is 11.9. The van der Waals surface area contributed by atoms with Gasteiger partial charge in [-0.15, -0.1) is 0 Å². The first-order valence-electron chi connectivity index (χ1n) is 6.71. The van der Waals surface area contributed by atoms with Gasteiger partial charge in [-0.3, -0.25) is 0 Å². The van der Waals surface area contributed by atoms with Gasteiger partial charge in [-0.1, -0.05) is 30.7 Å². The number of rotatable bonds is 5. The molecule has 2 rings (SSSR count). The van der Waals surface area contributed by atoms with Crippen LogP contribution < -0.4 is 4.74 Å². The molecule has 0 atom stereocenters. The number of halogens is 2. The van der Waals surface area contributed by atoms with Crippen LogP contribution in [0.3, 0.4) is 0 Å². The zero-order chi connectivity index (χ0) is 16.1. The summed E-state index contributed by atoms with van der Waals surface area (Å²) in [7, 11) is 0. The highest BCUT2D eigenvalue weighted by Gasteiger charge is 2.15. The van der Waals surface area contributed by atoms with Crippen LogP contribution in [0.5, 0.6) is 11.5 Å². The van der Waals surface area contributed by atoms with E-state index in [1.807, 2.05) is 13.0 Å². The number of hydrogen-bond donors (Lipinski definition) is 0. The van der Waals surface area contributed by atoms with Crippen molar-refractivity contribution in [1.29, 1.82) is 5.26 Å². The van der Waals surface area contributed by atoms with E-state index in [1.54, 1.807) is 12.1 Å². The van der Waals surface area contributed by atoms with Crippen molar-refractivity contribution in [3.63, 3.8) is 0 Å². The highest BCUT2D eigenvalue weighted by atomic mass is 35.5. The number of aryl methyl sites for hydroxylation is 1. The van der Waals surface area contributed by atoms with E-state index in [9.17, 15) is 9.18 Å². The van der Waals surface area contributed by atoms with E-state index in [-0.39, 0.29) is 23.5 Å². The Labute approximate surface area is 132 Å². The fourth-order valence-corrected chi connectivity index (χ4v) is 2.30. The average molecular weight is 318 g/mol. The third-order valence-corrected chi connectivity index (χ3v) is 3.38. The van der Waals surface area contributed by atoms with Crippen LogP contribution in [0.4, 0.5) is 4.39 Å². The molecule has 0 aromatic heterocycles. The lowest BCUT2D eigenvalue weighted by Crippen LogP contribution is -2.00. The molecule has 0 saturated heterocycles. The normalized spacial score (nSPS) is 10.1. The summed E-state index contributed by atoms with van der Waals surface area (Å²) in [6.07, 6.45) is 1.19. The van der Waals surface area contributed by atoms with Crippen molar-refractivity contribution in [2.45, 2.75) is 19.8 Å². The zero-order valence-corrected chi connectivity index (χ0v) is 12.7. The Kier molecular flexibility index (Phi) is 5.13. The second-order valence-corrected chi connectivity index (χ2v) is 5.08. The van der Waals surface area contributed by atoms with Crippen LogP contribution in [0.1, 0.15) is 23.6 Å². The number of aldehydes is 1. The Morgan fingerprint density at radius 3 is 2.68 bits per heavy atom. The summed E-state index contributed by atoms with van der Waals surface area (Å²) >= 11 is 5.92. The molecule has 2 aromatic rings. The van der Waals surface area contributed by atoms with E-state index >= 15 is 0 Å². The predicted octanol–water partition coefficient (Wildman–Crippen LogP) is 4.45. The first kappa shape index (κ1) is 16.0. The molecule has 0 aliphatic carbocycles. The Morgan fingerprint density at radius 2 is 2.05 bits per heavy atom. The molecule has 5 heteroatoms. The molecule has 0 amide bonds. The Morgan fingerprint density at radius 1 is 1.32 bits per heavy atom. The number of hydrogen-bond acceptors (Lipinski definition) is 3. The molecule has 0 N–H and O–H groups in total. The summed E-state index contributed by atoms with van der Waals surface area (Å²) in [5, 5.41) is 9.28. The Bertz CT molecular complexity index is 753. The highest BCUT2D eigenvalue weighted by molar-refractivity contribution is 6.30. The molecule has 0 saturated carbocycles. The topological polar surface area (TPSA) is 50.1 Å². The summed E-state index contributed by atoms with van der Waals surface area (Å²) in [6.45, 7) is 1.87. The minimum atomic E-state index is -0.565. The van der Waals surface area contributed by atoms with Gasteiger partial charge in [0.25, 0.3) is 0 Å². The van der Waals surface area contributed by atoms with Crippen molar-refractivity contribution in [1.82, 2.24) is 0 Å². The summed E-state index contributed by atoms with van der Waals surface area (Å²) in [5.74, 6) is -0.223. The smallest absolute Gasteiger partial charge is 0.169 e. The Balaban J connectivity index is 2.48. The van der Waals surface area contributed by atoms with Gasteiger partial charge in [0, 0.05) is 11.4 Å². The van der Waals surface area contributed by atoms with Crippen LogP contribution in [0.25, 0.3) is 0 Å². The first-order chi connectivity index (χ1) is 10.6. The maximum absolute atomic E-state index is 14.5. The van der Waals surface area contributed by atoms with Gasteiger partial charge in [0.05, 0.1) is 11.6 Å². The van der Waals surface area contributed by atoms with Crippen molar-refractivity contribution in [2.75, 3.05) is 0 Å². The highest BCUT2D eigenvalue weighted by Crippen LogP contribution is 2.32. The van der Waals surface area contributed by atoms with E-state index in [2.05, 4.69) is 0 Å². The van der Waals surface area contributed by atoms with Crippen LogP contribution in [0.2, 0.25) is 5.02 Å². The van der Waals surface area contributed by atoms with Gasteiger partial charge in [0.2, 0.25) is 0 Å². The van der Waals surface area contributed by atoms with Crippen LogP contribution in [0, 0.1) is 17.1 Å². The fourth-order valence-electron chi connectivity index (χ4n) is 2.08. The quantitative estimate of drug-likeness (QED) is 0.766. The molecule has 0 aliphatic heterocycles. The maximum Gasteiger partial charge on any atom is 0.169 e. The minimum Gasteiger partial charge on any atom is -0.454 e. The van der Waals surface area contributed by atoms with Crippen molar-refractivity contribution >= 4 is 17.9 Å². The monoisotopic (exact) mass is 317 g/mol. The second kappa shape index (κ2) is 7.06. The summed E-state index contributed by atoms with van der Waals surface area (Å²) in [4.78, 5) is 10.6. The molecule has 0 aliphatic rings. The molecule has 22 heavy (non-hydrogen) atoms. The van der Waals surface area contributed by atoms with Crippen molar-refractivity contribution in [2.24, 2.45) is 0 Å². The average Bonchev–Trinajstić information content (AvgIpc) is 2.51. The molecule has 0 bridgehead atoms. The van der Waals surface area contributed by atoms with Gasteiger partial charge in [0.15, 0.2) is 11.6 Å². The first-order valence-corrected chi connectivity index (χ1v) is 7.09. The lowest BCUT2D eigenvalue weighted by atomic mass is 10.1. The summed E-state index contributed by atoms with van der Waals surface area (Å²) in [6, 6.07) is 9.76. The molecule has 3 nitrogen and oxygen atoms in total. The molecule has 0 radical (unpaired) electrons. The van der Waals surface area contributed by atoms with Gasteiger partial charge in [-0.2, -0.15) is 5.26 Å². The van der Waals surface area contributed by atoms with E-state index < -0.39 is 5.82 Å². The van der Waals surface area contributed by atoms with Crippen LogP contribution in [-0.4, -0.2) is 6.29 Å². The van der Waals surface area contributed by atoms with Crippen molar-refractivity contribution in [3.8, 4) is 17.6 Å². The number of nitrogens with zero attached hydrogens (tertiary/aromatic N) is 1. The summed E-state index contributed by atoms with van der Waals surface area (Å²) in [5.41, 5.74) is 1.26. The molecular weight excluding hydrogens is 305 g/mol. The predicted molar refractivity (Wildman–Crippen MR) is 81.8 cm³/mol. The lowest BCUT2D eigenvalue weighted by molar-refractivity contribution is -0.107. The van der Waals surface area contributed by atoms with Gasteiger partial charge in [0.1, 0.15) is 12.0 Å². The van der Waals surface area contributed by atoms with E-state index in [0.29, 0.717) is 28.9 Å². The molecule has 0 heterocycles. The SMILES string of the molecule is CCc1ccc(CC=O)c(F)c1Oc1cc(Cl)cc(C#N)c1. The molecule has 0 spiro atoms. The number of carbonyl (C=O) groups is 1. The second-order valence-electron chi connectivity index (χ2n) is 4.64. The molecule has 0 unspecified atom stereocenters. The van der Waals surface area contributed by atoms with E-state index in [0.717, 1.165) is 0 Å². The van der Waals surface area contributed by atoms with E-state index in [1.165, 1.54) is 18.2 Å². The maximum atomic E-state index is 14.5. The van der Waals surface area contributed by atoms with Crippen LogP contribution in [-0.2, 0) is 17.6 Å². The van der Waals surface area contributed by atoms with Gasteiger partial charge < -0.3 is 9.53 Å². The van der Waals surface area contributed by atoms with E-state index in [4.69, 9.17) is 21.6 Å². The Hall–Kier alpha value is -2.38. The fraction of sp³-hybridized carbons (Fsp3) is 0.176. The lowest BCUT2D eigenvalue weighted by Gasteiger charge is -2.13. The van der Waals surface area contributed by atoms with Gasteiger partial charge in [-0.25, -0.2) is 4.39 Å². The van der Waals surface area contributed by atoms with Crippen molar-refractivity contribution in [3.05, 3.63) is 57.9 Å². The third-order valence-electron chi connectivity index (χ3n) is 3.16.